The Morgan fingerprint density at radius 2 is 1.96 bits per heavy atom. The lowest BCUT2D eigenvalue weighted by Gasteiger charge is -2.33. The second-order valence-corrected chi connectivity index (χ2v) is 8.09. The fourth-order valence-corrected chi connectivity index (χ4v) is 3.09. The van der Waals surface area contributed by atoms with Gasteiger partial charge in [-0.3, -0.25) is 4.79 Å². The first-order chi connectivity index (χ1) is 11.2. The third kappa shape index (κ3) is 6.15. The summed E-state index contributed by atoms with van der Waals surface area (Å²) in [5.41, 5.74) is 0.318. The second kappa shape index (κ2) is 8.01. The number of likely N-dealkylation sites (tertiary alicyclic amines) is 1. The molecule has 1 aliphatic rings. The monoisotopic (exact) mass is 396 g/mol. The van der Waals surface area contributed by atoms with Crippen molar-refractivity contribution in [3.8, 4) is 0 Å². The van der Waals surface area contributed by atoms with Crippen LogP contribution in [-0.2, 0) is 9.53 Å². The summed E-state index contributed by atoms with van der Waals surface area (Å²) in [5.74, 6) is 0.319. The molecule has 1 aromatic rings. The molecule has 24 heavy (non-hydrogen) atoms. The van der Waals surface area contributed by atoms with Crippen LogP contribution in [0.25, 0.3) is 0 Å². The Balaban J connectivity index is 1.76. The van der Waals surface area contributed by atoms with Gasteiger partial charge < -0.3 is 15.0 Å². The van der Waals surface area contributed by atoms with E-state index in [-0.39, 0.29) is 12.0 Å². The van der Waals surface area contributed by atoms with Crippen molar-refractivity contribution in [1.29, 1.82) is 0 Å². The number of piperidine rings is 1. The normalized spacial score (nSPS) is 15.9. The highest BCUT2D eigenvalue weighted by Crippen LogP contribution is 2.23. The largest absolute Gasteiger partial charge is 0.444 e. The molecular formula is C18H25BrN2O3. The maximum absolute atomic E-state index is 12.2. The lowest BCUT2D eigenvalue weighted by molar-refractivity contribution is -0.117. The van der Waals surface area contributed by atoms with E-state index >= 15 is 0 Å². The van der Waals surface area contributed by atoms with Gasteiger partial charge in [0.15, 0.2) is 0 Å². The van der Waals surface area contributed by atoms with Crippen LogP contribution >= 0.6 is 15.9 Å². The molecule has 1 heterocycles. The molecule has 0 bridgehead atoms. The summed E-state index contributed by atoms with van der Waals surface area (Å²) in [4.78, 5) is 25.9. The maximum Gasteiger partial charge on any atom is 0.410 e. The summed E-state index contributed by atoms with van der Waals surface area (Å²) in [5, 5.41) is 2.92. The molecule has 6 heteroatoms. The molecule has 0 atom stereocenters. The van der Waals surface area contributed by atoms with Crippen LogP contribution in [0.1, 0.15) is 40.0 Å². The van der Waals surface area contributed by atoms with E-state index in [9.17, 15) is 9.59 Å². The van der Waals surface area contributed by atoms with Crippen molar-refractivity contribution in [2.45, 2.75) is 45.6 Å². The van der Waals surface area contributed by atoms with E-state index < -0.39 is 5.60 Å². The van der Waals surface area contributed by atoms with Gasteiger partial charge in [-0.1, -0.05) is 22.0 Å². The Morgan fingerprint density at radius 3 is 2.54 bits per heavy atom. The van der Waals surface area contributed by atoms with Gasteiger partial charge in [-0.2, -0.15) is 0 Å². The summed E-state index contributed by atoms with van der Waals surface area (Å²) >= 11 is 3.39. The quantitative estimate of drug-likeness (QED) is 0.821. The number of hydrogen-bond donors (Lipinski definition) is 1. The molecule has 1 saturated heterocycles. The minimum Gasteiger partial charge on any atom is -0.444 e. The molecule has 132 valence electrons. The Labute approximate surface area is 151 Å². The fraction of sp³-hybridized carbons (Fsp3) is 0.556. The van der Waals surface area contributed by atoms with E-state index in [1.807, 2.05) is 45.0 Å². The molecule has 0 aromatic heterocycles. The molecule has 5 nitrogen and oxygen atoms in total. The van der Waals surface area contributed by atoms with Crippen molar-refractivity contribution >= 4 is 33.6 Å². The molecular weight excluding hydrogens is 372 g/mol. The number of benzene rings is 1. The molecule has 0 aliphatic carbocycles. The molecule has 1 aromatic carbocycles. The van der Waals surface area contributed by atoms with Gasteiger partial charge in [-0.05, 0) is 57.7 Å². The van der Waals surface area contributed by atoms with Gasteiger partial charge in [0.2, 0.25) is 5.91 Å². The zero-order valence-electron chi connectivity index (χ0n) is 14.5. The lowest BCUT2D eigenvalue weighted by atomic mass is 9.93. The summed E-state index contributed by atoms with van der Waals surface area (Å²) in [7, 11) is 0. The summed E-state index contributed by atoms with van der Waals surface area (Å²) in [6.07, 6.45) is 1.87. The van der Waals surface area contributed by atoms with Crippen molar-refractivity contribution in [3.05, 3.63) is 28.7 Å². The van der Waals surface area contributed by atoms with E-state index in [0.717, 1.165) is 23.0 Å². The standard InChI is InChI=1S/C18H25BrN2O3/c1-18(2,3)24-17(23)21-9-7-13(8-10-21)11-16(22)20-15-6-4-5-14(19)12-15/h4-6,12-13H,7-11H2,1-3H3,(H,20,22). The van der Waals surface area contributed by atoms with Crippen LogP contribution < -0.4 is 5.32 Å². The lowest BCUT2D eigenvalue weighted by Crippen LogP contribution is -2.42. The highest BCUT2D eigenvalue weighted by molar-refractivity contribution is 9.10. The smallest absolute Gasteiger partial charge is 0.410 e. The van der Waals surface area contributed by atoms with Crippen LogP contribution in [0.2, 0.25) is 0 Å². The Bertz CT molecular complexity index is 590. The van der Waals surface area contributed by atoms with Crippen molar-refractivity contribution in [2.24, 2.45) is 5.92 Å². The minimum absolute atomic E-state index is 0.0174. The highest BCUT2D eigenvalue weighted by Gasteiger charge is 2.27. The molecule has 2 amide bonds. The average Bonchev–Trinajstić information content (AvgIpc) is 2.46. The van der Waals surface area contributed by atoms with Gasteiger partial charge in [-0.15, -0.1) is 0 Å². The van der Waals surface area contributed by atoms with Crippen LogP contribution in [0.4, 0.5) is 10.5 Å². The number of amides is 2. The predicted molar refractivity (Wildman–Crippen MR) is 97.9 cm³/mol. The average molecular weight is 397 g/mol. The first-order valence-corrected chi connectivity index (χ1v) is 9.05. The summed E-state index contributed by atoms with van der Waals surface area (Å²) in [6, 6.07) is 7.55. The number of carbonyl (C=O) groups excluding carboxylic acids is 2. The maximum atomic E-state index is 12.2. The molecule has 0 unspecified atom stereocenters. The molecule has 1 fully saturated rings. The van der Waals surface area contributed by atoms with Crippen LogP contribution in [0, 0.1) is 5.92 Å². The zero-order valence-corrected chi connectivity index (χ0v) is 16.1. The predicted octanol–water partition coefficient (Wildman–Crippen LogP) is 4.42. The fourth-order valence-electron chi connectivity index (χ4n) is 2.69. The number of nitrogens with zero attached hydrogens (tertiary/aromatic N) is 1. The van der Waals surface area contributed by atoms with Crippen molar-refractivity contribution in [1.82, 2.24) is 4.90 Å². The topological polar surface area (TPSA) is 58.6 Å². The van der Waals surface area contributed by atoms with Crippen LogP contribution in [0.3, 0.4) is 0 Å². The van der Waals surface area contributed by atoms with E-state index in [1.54, 1.807) is 4.90 Å². The minimum atomic E-state index is -0.474. The van der Waals surface area contributed by atoms with E-state index in [2.05, 4.69) is 21.2 Å². The second-order valence-electron chi connectivity index (χ2n) is 7.17. The van der Waals surface area contributed by atoms with Crippen LogP contribution in [0.15, 0.2) is 28.7 Å². The Hall–Kier alpha value is -1.56. The Morgan fingerprint density at radius 1 is 1.29 bits per heavy atom. The summed E-state index contributed by atoms with van der Waals surface area (Å²) in [6.45, 7) is 6.88. The van der Waals surface area contributed by atoms with Crippen LogP contribution in [0.5, 0.6) is 0 Å². The number of hydrogen-bond acceptors (Lipinski definition) is 3. The van der Waals surface area contributed by atoms with Gasteiger partial charge >= 0.3 is 6.09 Å². The van der Waals surface area contributed by atoms with Gasteiger partial charge in [0.05, 0.1) is 0 Å². The van der Waals surface area contributed by atoms with Gasteiger partial charge in [-0.25, -0.2) is 4.79 Å². The first-order valence-electron chi connectivity index (χ1n) is 8.26. The van der Waals surface area contributed by atoms with Gasteiger partial charge in [0.1, 0.15) is 5.60 Å². The number of carbonyl (C=O) groups is 2. The van der Waals surface area contributed by atoms with Gasteiger partial charge in [0.25, 0.3) is 0 Å². The summed E-state index contributed by atoms with van der Waals surface area (Å²) < 4.78 is 6.32. The number of halogens is 1. The molecule has 0 spiro atoms. The molecule has 1 N–H and O–H groups in total. The van der Waals surface area contributed by atoms with Crippen molar-refractivity contribution < 1.29 is 14.3 Å². The van der Waals surface area contributed by atoms with Crippen LogP contribution in [-0.4, -0.2) is 35.6 Å². The van der Waals surface area contributed by atoms with E-state index in [0.29, 0.717) is 25.4 Å². The molecule has 0 saturated carbocycles. The number of ether oxygens (including phenoxy) is 1. The third-order valence-corrected chi connectivity index (χ3v) is 4.34. The number of rotatable bonds is 3. The van der Waals surface area contributed by atoms with E-state index in [1.165, 1.54) is 0 Å². The van der Waals surface area contributed by atoms with Crippen molar-refractivity contribution in [3.63, 3.8) is 0 Å². The highest BCUT2D eigenvalue weighted by atomic mass is 79.9. The molecule has 2 rings (SSSR count). The SMILES string of the molecule is CC(C)(C)OC(=O)N1CCC(CC(=O)Nc2cccc(Br)c2)CC1. The molecule has 1 aliphatic heterocycles. The number of nitrogens with one attached hydrogen (secondary N) is 1. The van der Waals surface area contributed by atoms with E-state index in [4.69, 9.17) is 4.74 Å². The van der Waals surface area contributed by atoms with Gasteiger partial charge in [0, 0.05) is 29.7 Å². The third-order valence-electron chi connectivity index (χ3n) is 3.85. The Kier molecular flexibility index (Phi) is 6.27. The van der Waals surface area contributed by atoms with Crippen molar-refractivity contribution in [2.75, 3.05) is 18.4 Å². The first kappa shape index (κ1) is 18.8. The zero-order chi connectivity index (χ0) is 17.7. The number of anilines is 1. The molecule has 0 radical (unpaired) electrons.